The minimum atomic E-state index is -0.563. The van der Waals surface area contributed by atoms with Gasteiger partial charge < -0.3 is 0 Å². The van der Waals surface area contributed by atoms with E-state index in [-0.39, 0.29) is 10.3 Å². The molecule has 1 fully saturated rings. The van der Waals surface area contributed by atoms with Crippen LogP contribution in [0.3, 0.4) is 0 Å². The average molecular weight is 485 g/mol. The molecular weight excluding hydrogens is 443 g/mol. The summed E-state index contributed by atoms with van der Waals surface area (Å²) in [7, 11) is -0.563. The van der Waals surface area contributed by atoms with Crippen LogP contribution in [-0.4, -0.2) is 16.1 Å². The van der Waals surface area contributed by atoms with Gasteiger partial charge in [-0.25, -0.2) is 0 Å². The van der Waals surface area contributed by atoms with E-state index < -0.39 is 7.92 Å². The number of carbonyl (C=O) groups excluding carboxylic acids is 1. The Morgan fingerprint density at radius 2 is 1.34 bits per heavy atom. The summed E-state index contributed by atoms with van der Waals surface area (Å²) < 4.78 is 0. The molecule has 0 atom stereocenters. The van der Waals surface area contributed by atoms with Gasteiger partial charge in [-0.05, 0) is 61.8 Å². The predicted octanol–water partition coefficient (Wildman–Crippen LogP) is 8.95. The highest BCUT2D eigenvalue weighted by atomic mass is 31.1. The Kier molecular flexibility index (Phi) is 7.68. The van der Waals surface area contributed by atoms with Crippen molar-refractivity contribution < 1.29 is 4.79 Å². The van der Waals surface area contributed by atoms with E-state index in [1.165, 1.54) is 38.7 Å². The first-order valence-electron chi connectivity index (χ1n) is 13.3. The lowest BCUT2D eigenvalue weighted by molar-refractivity contribution is -0.120. The Morgan fingerprint density at radius 1 is 0.743 bits per heavy atom. The molecule has 0 bridgehead atoms. The molecule has 1 heterocycles. The average Bonchev–Trinajstić information content (AvgIpc) is 2.78. The fourth-order valence-corrected chi connectivity index (χ4v) is 10.6. The van der Waals surface area contributed by atoms with E-state index in [1.807, 2.05) is 0 Å². The Labute approximate surface area is 214 Å². The molecule has 0 unspecified atom stereocenters. The first kappa shape index (κ1) is 25.8. The maximum absolute atomic E-state index is 12.7. The lowest BCUT2D eigenvalue weighted by atomic mass is 9.86. The fourth-order valence-electron chi connectivity index (χ4n) is 6.37. The van der Waals surface area contributed by atoms with Crippen LogP contribution in [0.4, 0.5) is 0 Å². The number of rotatable bonds is 7. The molecule has 1 aliphatic heterocycles. The molecule has 1 aliphatic rings. The van der Waals surface area contributed by atoms with Crippen molar-refractivity contribution >= 4 is 19.0 Å². The molecular formula is C33H41OP. The summed E-state index contributed by atoms with van der Waals surface area (Å²) in [6.07, 6.45) is 5.81. The Balaban J connectivity index is 2.02. The maximum Gasteiger partial charge on any atom is 0.134 e. The van der Waals surface area contributed by atoms with Crippen molar-refractivity contribution in [3.63, 3.8) is 0 Å². The minimum absolute atomic E-state index is 0.0236. The zero-order valence-electron chi connectivity index (χ0n) is 22.4. The van der Waals surface area contributed by atoms with Gasteiger partial charge in [0.05, 0.1) is 0 Å². The van der Waals surface area contributed by atoms with Crippen molar-refractivity contribution in [1.82, 2.24) is 0 Å². The molecule has 35 heavy (non-hydrogen) atoms. The van der Waals surface area contributed by atoms with E-state index in [0.717, 1.165) is 25.7 Å². The zero-order valence-corrected chi connectivity index (χ0v) is 23.3. The lowest BCUT2D eigenvalue weighted by Crippen LogP contribution is -2.43. The van der Waals surface area contributed by atoms with Crippen molar-refractivity contribution in [2.75, 3.05) is 0 Å². The van der Waals surface area contributed by atoms with Crippen LogP contribution in [0.1, 0.15) is 78.4 Å². The predicted molar refractivity (Wildman–Crippen MR) is 154 cm³/mol. The van der Waals surface area contributed by atoms with Crippen molar-refractivity contribution in [1.29, 1.82) is 0 Å². The fraction of sp³-hybridized carbons (Fsp3) is 0.424. The van der Waals surface area contributed by atoms with Gasteiger partial charge in [0.1, 0.15) is 5.78 Å². The van der Waals surface area contributed by atoms with Gasteiger partial charge in [0.25, 0.3) is 0 Å². The third kappa shape index (κ3) is 5.31. The van der Waals surface area contributed by atoms with Crippen LogP contribution in [0.25, 0.3) is 22.3 Å². The largest absolute Gasteiger partial charge is 0.300 e. The normalized spacial score (nSPS) is 17.5. The smallest absolute Gasteiger partial charge is 0.134 e. The molecule has 0 spiro atoms. The Bertz CT molecular complexity index is 1170. The van der Waals surface area contributed by atoms with Crippen molar-refractivity contribution in [3.8, 4) is 22.3 Å². The van der Waals surface area contributed by atoms with E-state index >= 15 is 0 Å². The Hall–Kier alpha value is -2.24. The van der Waals surface area contributed by atoms with Gasteiger partial charge in [-0.15, -0.1) is 0 Å². The molecule has 0 aliphatic carbocycles. The first-order chi connectivity index (χ1) is 16.7. The highest BCUT2D eigenvalue weighted by Gasteiger charge is 2.48. The van der Waals surface area contributed by atoms with Crippen molar-refractivity contribution in [3.05, 3.63) is 77.9 Å². The maximum atomic E-state index is 12.7. The van der Waals surface area contributed by atoms with Crippen LogP contribution in [0.15, 0.2) is 66.7 Å². The third-order valence-corrected chi connectivity index (χ3v) is 10.9. The number of Topliss-reactive ketones (excluding diaryl/α,β-unsaturated/α-hetero) is 1. The van der Waals surface area contributed by atoms with Crippen LogP contribution in [-0.2, 0) is 17.6 Å². The number of hydrogen-bond donors (Lipinski definition) is 0. The standard InChI is InChI=1S/C33H41OP/c1-7-14-24-20-26(15-8-2)31(29(21-24)25-16-10-9-11-17-25)28-18-12-13-19-30(28)35-32(3,4)22-27(34)23-33(35,5)6/h9-13,16-21H,7-8,14-15,22-23H2,1-6H3. The summed E-state index contributed by atoms with van der Waals surface area (Å²) in [4.78, 5) is 12.7. The second-order valence-corrected chi connectivity index (χ2v) is 15.0. The number of hydrogen-bond acceptors (Lipinski definition) is 1. The molecule has 184 valence electrons. The SMILES string of the molecule is CCCc1cc(CCC)c(-c2ccccc2P2C(C)(C)CC(=O)CC2(C)C)c(-c2ccccc2)c1. The topological polar surface area (TPSA) is 17.1 Å². The summed E-state index contributed by atoms with van der Waals surface area (Å²) in [6.45, 7) is 13.8. The molecule has 0 N–H and O–H groups in total. The summed E-state index contributed by atoms with van der Waals surface area (Å²) >= 11 is 0. The van der Waals surface area contributed by atoms with E-state index in [0.29, 0.717) is 18.6 Å². The van der Waals surface area contributed by atoms with E-state index in [2.05, 4.69) is 108 Å². The first-order valence-corrected chi connectivity index (χ1v) is 14.6. The molecule has 3 aromatic rings. The molecule has 1 nitrogen and oxygen atoms in total. The van der Waals surface area contributed by atoms with Crippen LogP contribution >= 0.6 is 7.92 Å². The second-order valence-electron chi connectivity index (χ2n) is 11.4. The van der Waals surface area contributed by atoms with Gasteiger partial charge in [-0.3, -0.25) is 4.79 Å². The second kappa shape index (κ2) is 10.4. The third-order valence-electron chi connectivity index (χ3n) is 7.31. The van der Waals surface area contributed by atoms with Gasteiger partial charge in [0.2, 0.25) is 0 Å². The molecule has 0 radical (unpaired) electrons. The molecule has 0 saturated carbocycles. The summed E-state index contributed by atoms with van der Waals surface area (Å²) in [5.74, 6) is 0.414. The van der Waals surface area contributed by atoms with Gasteiger partial charge in [-0.1, -0.05) is 129 Å². The molecule has 3 aromatic carbocycles. The van der Waals surface area contributed by atoms with Crippen LogP contribution in [0.2, 0.25) is 0 Å². The quantitative estimate of drug-likeness (QED) is 0.306. The van der Waals surface area contributed by atoms with E-state index in [1.54, 1.807) is 0 Å². The van der Waals surface area contributed by atoms with Crippen LogP contribution in [0.5, 0.6) is 0 Å². The molecule has 0 amide bonds. The van der Waals surface area contributed by atoms with Crippen LogP contribution < -0.4 is 5.30 Å². The van der Waals surface area contributed by atoms with Gasteiger partial charge in [0, 0.05) is 12.8 Å². The van der Waals surface area contributed by atoms with Crippen molar-refractivity contribution in [2.24, 2.45) is 0 Å². The highest BCUT2D eigenvalue weighted by molar-refractivity contribution is 7.69. The molecule has 1 saturated heterocycles. The molecule has 2 heteroatoms. The molecule has 0 aromatic heterocycles. The van der Waals surface area contributed by atoms with Gasteiger partial charge >= 0.3 is 0 Å². The Morgan fingerprint density at radius 3 is 1.97 bits per heavy atom. The number of aryl methyl sites for hydroxylation is 2. The summed E-state index contributed by atoms with van der Waals surface area (Å²) in [6, 6.07) is 25.0. The van der Waals surface area contributed by atoms with E-state index in [9.17, 15) is 4.79 Å². The highest BCUT2D eigenvalue weighted by Crippen LogP contribution is 2.65. The monoisotopic (exact) mass is 484 g/mol. The minimum Gasteiger partial charge on any atom is -0.300 e. The summed E-state index contributed by atoms with van der Waals surface area (Å²) in [5, 5.41) is 1.41. The number of carbonyl (C=O) groups is 1. The van der Waals surface area contributed by atoms with Gasteiger partial charge in [-0.2, -0.15) is 0 Å². The van der Waals surface area contributed by atoms with Crippen LogP contribution in [0, 0.1) is 0 Å². The number of benzene rings is 3. The van der Waals surface area contributed by atoms with E-state index in [4.69, 9.17) is 0 Å². The molecule has 4 rings (SSSR count). The van der Waals surface area contributed by atoms with Gasteiger partial charge in [0.15, 0.2) is 0 Å². The number of ketones is 1. The lowest BCUT2D eigenvalue weighted by Gasteiger charge is -2.49. The summed E-state index contributed by atoms with van der Waals surface area (Å²) in [5.41, 5.74) is 8.32. The van der Waals surface area contributed by atoms with Crippen molar-refractivity contribution in [2.45, 2.75) is 90.4 Å². The zero-order chi connectivity index (χ0) is 25.2.